The first-order valence-corrected chi connectivity index (χ1v) is 17.0. The van der Waals surface area contributed by atoms with Crippen LogP contribution in [0, 0.1) is 6.92 Å². The van der Waals surface area contributed by atoms with E-state index in [2.05, 4.69) is 16.0 Å². The number of halogens is 1. The fourth-order valence-electron chi connectivity index (χ4n) is 4.99. The van der Waals surface area contributed by atoms with Crippen LogP contribution in [0.1, 0.15) is 32.3 Å². The van der Waals surface area contributed by atoms with Gasteiger partial charge in [-0.3, -0.25) is 14.4 Å². The van der Waals surface area contributed by atoms with Crippen molar-refractivity contribution in [2.75, 3.05) is 36.7 Å². The maximum atomic E-state index is 13.8. The van der Waals surface area contributed by atoms with Crippen LogP contribution >= 0.6 is 23.4 Å². The van der Waals surface area contributed by atoms with Gasteiger partial charge in [0.15, 0.2) is 0 Å². The van der Waals surface area contributed by atoms with Crippen LogP contribution in [-0.4, -0.2) is 38.9 Å². The van der Waals surface area contributed by atoms with E-state index in [0.29, 0.717) is 27.7 Å². The summed E-state index contributed by atoms with van der Waals surface area (Å²) in [6, 6.07) is 36.4. The molecule has 10 heteroatoms. The van der Waals surface area contributed by atoms with Crippen LogP contribution in [0.2, 0.25) is 5.02 Å². The second kappa shape index (κ2) is 16.7. The van der Waals surface area contributed by atoms with Gasteiger partial charge in [0.05, 0.1) is 12.8 Å². The molecule has 1 unspecified atom stereocenters. The highest BCUT2D eigenvalue weighted by molar-refractivity contribution is 8.00. The quantitative estimate of drug-likeness (QED) is 0.0889. The van der Waals surface area contributed by atoms with Crippen molar-refractivity contribution in [3.63, 3.8) is 0 Å². The van der Waals surface area contributed by atoms with Crippen LogP contribution in [0.5, 0.6) is 5.75 Å². The molecule has 254 valence electrons. The molecule has 0 aliphatic rings. The van der Waals surface area contributed by atoms with Gasteiger partial charge in [-0.05, 0) is 78.2 Å². The molecule has 0 aliphatic heterocycles. The molecule has 0 spiro atoms. The Labute approximate surface area is 301 Å². The highest BCUT2D eigenvalue weighted by atomic mass is 35.5. The molecule has 0 radical (unpaired) electrons. The molecule has 0 saturated heterocycles. The number of ether oxygens (including phenoxy) is 1. The van der Waals surface area contributed by atoms with E-state index in [0.717, 1.165) is 27.3 Å². The minimum atomic E-state index is -0.645. The number of hydrogen-bond donors (Lipinski definition) is 3. The van der Waals surface area contributed by atoms with E-state index in [4.69, 9.17) is 16.3 Å². The lowest BCUT2D eigenvalue weighted by Crippen LogP contribution is -2.30. The van der Waals surface area contributed by atoms with Crippen molar-refractivity contribution in [3.8, 4) is 5.75 Å². The Bertz CT molecular complexity index is 2000. The van der Waals surface area contributed by atoms with Gasteiger partial charge in [-0.1, -0.05) is 78.3 Å². The van der Waals surface area contributed by atoms with Crippen LogP contribution in [0.4, 0.5) is 17.1 Å². The number of nitrogens with zero attached hydrogens (tertiary/aromatic N) is 1. The van der Waals surface area contributed by atoms with E-state index in [1.54, 1.807) is 60.7 Å². The zero-order chi connectivity index (χ0) is 35.6. The number of benzene rings is 5. The molecule has 1 atom stereocenters. The van der Waals surface area contributed by atoms with Gasteiger partial charge < -0.3 is 25.6 Å². The van der Waals surface area contributed by atoms with Crippen molar-refractivity contribution in [2.45, 2.75) is 17.1 Å². The summed E-state index contributed by atoms with van der Waals surface area (Å²) >= 11 is 7.63. The number of amides is 3. The molecule has 0 aromatic heterocycles. The second-order valence-corrected chi connectivity index (χ2v) is 13.1. The Hall–Kier alpha value is -5.51. The summed E-state index contributed by atoms with van der Waals surface area (Å²) in [5, 5.41) is 8.61. The van der Waals surface area contributed by atoms with Gasteiger partial charge in [0.1, 0.15) is 16.7 Å². The van der Waals surface area contributed by atoms with E-state index in [-0.39, 0.29) is 11.6 Å². The number of carbonyl (C=O) groups is 3. The van der Waals surface area contributed by atoms with Crippen LogP contribution in [0.15, 0.2) is 132 Å². The third kappa shape index (κ3) is 9.34. The van der Waals surface area contributed by atoms with Crippen molar-refractivity contribution in [1.82, 2.24) is 5.32 Å². The standard InChI is InChI=1S/C40H37ClN4O4S/c1-26-22-34(36(49-4)25-33(26)41)43-40(48)37(28-12-7-5-8-13-28)50-32-17-11-16-30(24-32)42-39(47)35(44-38(46)29-14-9-6-10-15-29)23-27-18-20-31(21-19-27)45(2)3/h5-25,37H,1-4H3,(H,42,47)(H,43,48)(H,44,46)/b35-23+. The fourth-order valence-corrected chi connectivity index (χ4v) is 6.23. The number of carbonyl (C=O) groups excluding carboxylic acids is 3. The lowest BCUT2D eigenvalue weighted by atomic mass is 10.1. The fraction of sp³-hybridized carbons (Fsp3) is 0.125. The predicted molar refractivity (Wildman–Crippen MR) is 204 cm³/mol. The smallest absolute Gasteiger partial charge is 0.272 e. The molecule has 3 N–H and O–H groups in total. The molecule has 0 aliphatic carbocycles. The lowest BCUT2D eigenvalue weighted by Gasteiger charge is -2.19. The van der Waals surface area contributed by atoms with Gasteiger partial charge in [-0.25, -0.2) is 0 Å². The third-order valence-corrected chi connectivity index (χ3v) is 9.33. The normalized spacial score (nSPS) is 11.7. The van der Waals surface area contributed by atoms with E-state index < -0.39 is 17.1 Å². The number of thioether (sulfide) groups is 1. The summed E-state index contributed by atoms with van der Waals surface area (Å²) < 4.78 is 5.48. The molecule has 0 fully saturated rings. The molecule has 5 rings (SSSR count). The van der Waals surface area contributed by atoms with Crippen molar-refractivity contribution >= 4 is 64.2 Å². The van der Waals surface area contributed by atoms with Crippen molar-refractivity contribution in [2.24, 2.45) is 0 Å². The Morgan fingerprint density at radius 3 is 2.16 bits per heavy atom. The SMILES string of the molecule is COc1cc(Cl)c(C)cc1NC(=O)C(Sc1cccc(NC(=O)/C(=C\c2ccc(N(C)C)cc2)NC(=O)c2ccccc2)c1)c1ccccc1. The summed E-state index contributed by atoms with van der Waals surface area (Å²) in [5.41, 5.74) is 4.83. The van der Waals surface area contributed by atoms with E-state index in [1.807, 2.05) is 92.6 Å². The molecule has 0 bridgehead atoms. The number of anilines is 3. The Morgan fingerprint density at radius 1 is 0.820 bits per heavy atom. The average Bonchev–Trinajstić information content (AvgIpc) is 3.12. The summed E-state index contributed by atoms with van der Waals surface area (Å²) in [6.07, 6.45) is 1.64. The van der Waals surface area contributed by atoms with Crippen LogP contribution < -0.4 is 25.6 Å². The van der Waals surface area contributed by atoms with Gasteiger partial charge in [0.25, 0.3) is 11.8 Å². The number of rotatable bonds is 12. The predicted octanol–water partition coefficient (Wildman–Crippen LogP) is 8.60. The molecule has 3 amide bonds. The zero-order valence-corrected chi connectivity index (χ0v) is 29.6. The second-order valence-electron chi connectivity index (χ2n) is 11.5. The number of nitrogens with one attached hydrogen (secondary N) is 3. The molecule has 5 aromatic rings. The first kappa shape index (κ1) is 35.8. The summed E-state index contributed by atoms with van der Waals surface area (Å²) in [4.78, 5) is 43.4. The van der Waals surface area contributed by atoms with Crippen LogP contribution in [0.3, 0.4) is 0 Å². The number of aryl methyl sites for hydroxylation is 1. The minimum Gasteiger partial charge on any atom is -0.495 e. The molecule has 0 heterocycles. The Kier molecular flexibility index (Phi) is 12.0. The van der Waals surface area contributed by atoms with Gasteiger partial charge in [0, 0.05) is 47.0 Å². The summed E-state index contributed by atoms with van der Waals surface area (Å²) in [6.45, 7) is 1.86. The first-order chi connectivity index (χ1) is 24.1. The van der Waals surface area contributed by atoms with E-state index in [1.165, 1.54) is 18.9 Å². The first-order valence-electron chi connectivity index (χ1n) is 15.7. The highest BCUT2D eigenvalue weighted by Gasteiger charge is 2.24. The van der Waals surface area contributed by atoms with Crippen molar-refractivity contribution < 1.29 is 19.1 Å². The largest absolute Gasteiger partial charge is 0.495 e. The Morgan fingerprint density at radius 2 is 1.50 bits per heavy atom. The van der Waals surface area contributed by atoms with E-state index in [9.17, 15) is 14.4 Å². The Balaban J connectivity index is 1.39. The molecular formula is C40H37ClN4O4S. The number of methoxy groups -OCH3 is 1. The van der Waals surface area contributed by atoms with Gasteiger partial charge in [0.2, 0.25) is 5.91 Å². The van der Waals surface area contributed by atoms with Gasteiger partial charge in [-0.2, -0.15) is 0 Å². The van der Waals surface area contributed by atoms with Crippen molar-refractivity contribution in [3.05, 3.63) is 154 Å². The van der Waals surface area contributed by atoms with Gasteiger partial charge >= 0.3 is 0 Å². The monoisotopic (exact) mass is 704 g/mol. The highest BCUT2D eigenvalue weighted by Crippen LogP contribution is 2.39. The summed E-state index contributed by atoms with van der Waals surface area (Å²) in [7, 11) is 5.42. The van der Waals surface area contributed by atoms with Crippen molar-refractivity contribution in [1.29, 1.82) is 0 Å². The summed E-state index contributed by atoms with van der Waals surface area (Å²) in [5.74, 6) is -0.724. The number of hydrogen-bond acceptors (Lipinski definition) is 6. The lowest BCUT2D eigenvalue weighted by molar-refractivity contribution is -0.116. The molecule has 50 heavy (non-hydrogen) atoms. The molecular weight excluding hydrogens is 668 g/mol. The molecule has 0 saturated carbocycles. The average molecular weight is 705 g/mol. The van der Waals surface area contributed by atoms with Crippen LogP contribution in [0.25, 0.3) is 6.08 Å². The topological polar surface area (TPSA) is 99.8 Å². The van der Waals surface area contributed by atoms with E-state index >= 15 is 0 Å². The maximum Gasteiger partial charge on any atom is 0.272 e. The van der Waals surface area contributed by atoms with Crippen LogP contribution in [-0.2, 0) is 9.59 Å². The zero-order valence-electron chi connectivity index (χ0n) is 28.1. The molecule has 5 aromatic carbocycles. The van der Waals surface area contributed by atoms with Gasteiger partial charge in [-0.15, -0.1) is 11.8 Å². The maximum absolute atomic E-state index is 13.8. The third-order valence-electron chi connectivity index (χ3n) is 7.67. The minimum absolute atomic E-state index is 0.0725. The molecule has 8 nitrogen and oxygen atoms in total.